The van der Waals surface area contributed by atoms with Crippen LogP contribution in [0.15, 0.2) is 0 Å². The molecule has 0 spiro atoms. The number of hydrogen-bond acceptors (Lipinski definition) is 10. The first-order chi connectivity index (χ1) is 27.0. The van der Waals surface area contributed by atoms with Crippen LogP contribution >= 0.6 is 0 Å². The largest absolute Gasteiger partial charge is 0.469 e. The van der Waals surface area contributed by atoms with Crippen LogP contribution in [0.1, 0.15) is 142 Å². The zero-order valence-electron chi connectivity index (χ0n) is 34.3. The number of esters is 1. The Morgan fingerprint density at radius 1 is 0.536 bits per heavy atom. The van der Waals surface area contributed by atoms with Gasteiger partial charge in [-0.1, -0.05) is 45.4 Å². The molecule has 9 atom stereocenters. The van der Waals surface area contributed by atoms with Crippen LogP contribution in [0.4, 0.5) is 0 Å². The van der Waals surface area contributed by atoms with E-state index in [0.29, 0.717) is 83.8 Å². The van der Waals surface area contributed by atoms with Crippen molar-refractivity contribution >= 4 is 35.5 Å². The summed E-state index contributed by atoms with van der Waals surface area (Å²) in [4.78, 5) is 79.6. The number of hydrogen-bond donors (Lipinski definition) is 8. The van der Waals surface area contributed by atoms with Crippen molar-refractivity contribution in [1.82, 2.24) is 26.6 Å². The van der Waals surface area contributed by atoms with E-state index >= 15 is 0 Å². The first-order valence-electron chi connectivity index (χ1n) is 21.7. The third-order valence-electron chi connectivity index (χ3n) is 12.0. The fourth-order valence-electron chi connectivity index (χ4n) is 8.90. The van der Waals surface area contributed by atoms with Gasteiger partial charge in [-0.2, -0.15) is 0 Å². The minimum Gasteiger partial charge on any atom is -0.469 e. The Morgan fingerprint density at radius 2 is 0.893 bits per heavy atom. The summed E-state index contributed by atoms with van der Waals surface area (Å²) in [6.45, 7) is 3.46. The maximum Gasteiger partial charge on any atom is 0.310 e. The van der Waals surface area contributed by atoms with Crippen LogP contribution in [-0.2, 0) is 33.5 Å². The van der Waals surface area contributed by atoms with Gasteiger partial charge >= 0.3 is 5.97 Å². The van der Waals surface area contributed by atoms with E-state index in [1.165, 1.54) is 7.11 Å². The lowest BCUT2D eigenvalue weighted by molar-refractivity contribution is -0.148. The van der Waals surface area contributed by atoms with Crippen LogP contribution in [0.3, 0.4) is 0 Å². The van der Waals surface area contributed by atoms with Crippen molar-refractivity contribution in [2.24, 2.45) is 40.9 Å². The molecule has 0 aliphatic heterocycles. The third kappa shape index (κ3) is 16.3. The highest BCUT2D eigenvalue weighted by atomic mass is 16.5. The first kappa shape index (κ1) is 47.1. The second-order valence-electron chi connectivity index (χ2n) is 16.6. The Balaban J connectivity index is 1.59. The normalized spacial score (nSPS) is 25.4. The molecule has 3 aliphatic carbocycles. The summed E-state index contributed by atoms with van der Waals surface area (Å²) < 4.78 is 4.98. The fraction of sp³-hybridized carbons (Fsp3) is 0.854. The summed E-state index contributed by atoms with van der Waals surface area (Å²) in [5, 5.41) is 15.5. The third-order valence-corrected chi connectivity index (χ3v) is 12.0. The highest BCUT2D eigenvalue weighted by molar-refractivity contribution is 5.85. The number of nitrogens with two attached hydrogens (primary N) is 3. The molecule has 15 heteroatoms. The zero-order valence-corrected chi connectivity index (χ0v) is 34.3. The SMILES string of the molecule is COC(=O)C1CCCCC1NC(=O)C[C@@H](CCCN)NC(=O)C1CCCCC1NC(=O)C[C@@H](CCCN)NC(=O)C1CCCCC1NC(=O)C[C@H](C)CCCN. The number of methoxy groups -OCH3 is 1. The van der Waals surface area contributed by atoms with Gasteiger partial charge in [0.2, 0.25) is 29.5 Å². The molecular weight excluding hydrogens is 716 g/mol. The van der Waals surface area contributed by atoms with Gasteiger partial charge in [-0.3, -0.25) is 28.8 Å². The van der Waals surface area contributed by atoms with E-state index in [4.69, 9.17) is 21.9 Å². The average molecular weight is 791 g/mol. The Bertz CT molecular complexity index is 1250. The number of carbonyl (C=O) groups is 6. The Labute approximate surface area is 334 Å². The summed E-state index contributed by atoms with van der Waals surface area (Å²) in [5.74, 6) is -2.24. The minimum atomic E-state index is -0.472. The first-order valence-corrected chi connectivity index (χ1v) is 21.7. The molecule has 15 nitrogen and oxygen atoms in total. The smallest absolute Gasteiger partial charge is 0.310 e. The predicted octanol–water partition coefficient (Wildman–Crippen LogP) is 2.18. The van der Waals surface area contributed by atoms with Crippen LogP contribution in [0.2, 0.25) is 0 Å². The summed E-state index contributed by atoms with van der Waals surface area (Å²) in [6, 6.07) is -1.85. The van der Waals surface area contributed by atoms with Crippen molar-refractivity contribution in [3.63, 3.8) is 0 Å². The van der Waals surface area contributed by atoms with Crippen LogP contribution in [0, 0.1) is 23.7 Å². The summed E-state index contributed by atoms with van der Waals surface area (Å²) >= 11 is 0. The van der Waals surface area contributed by atoms with E-state index in [1.807, 2.05) is 6.92 Å². The second kappa shape index (κ2) is 25.9. The Hall–Kier alpha value is -3.30. The van der Waals surface area contributed by atoms with Crippen molar-refractivity contribution in [2.75, 3.05) is 26.7 Å². The molecule has 6 unspecified atom stereocenters. The fourth-order valence-corrected chi connectivity index (χ4v) is 8.90. The lowest BCUT2D eigenvalue weighted by Crippen LogP contribution is -2.53. The number of nitrogens with one attached hydrogen (secondary N) is 5. The van der Waals surface area contributed by atoms with Crippen molar-refractivity contribution in [1.29, 1.82) is 0 Å². The lowest BCUT2D eigenvalue weighted by Gasteiger charge is -2.34. The molecule has 3 fully saturated rings. The molecule has 3 saturated carbocycles. The second-order valence-corrected chi connectivity index (χ2v) is 16.6. The molecule has 0 bridgehead atoms. The van der Waals surface area contributed by atoms with Crippen molar-refractivity contribution < 1.29 is 33.5 Å². The molecule has 0 aromatic rings. The van der Waals surface area contributed by atoms with E-state index in [2.05, 4.69) is 26.6 Å². The van der Waals surface area contributed by atoms with Gasteiger partial charge in [0.05, 0.1) is 24.9 Å². The Kier molecular flexibility index (Phi) is 21.7. The molecule has 3 aliphatic rings. The van der Waals surface area contributed by atoms with E-state index in [9.17, 15) is 28.8 Å². The highest BCUT2D eigenvalue weighted by Crippen LogP contribution is 2.28. The maximum atomic E-state index is 13.8. The molecule has 56 heavy (non-hydrogen) atoms. The van der Waals surface area contributed by atoms with E-state index in [1.54, 1.807) is 0 Å². The van der Waals surface area contributed by atoms with Gasteiger partial charge in [0.1, 0.15) is 0 Å². The van der Waals surface area contributed by atoms with Gasteiger partial charge < -0.3 is 48.5 Å². The topological polar surface area (TPSA) is 250 Å². The van der Waals surface area contributed by atoms with E-state index < -0.39 is 18.0 Å². The molecule has 11 N–H and O–H groups in total. The van der Waals surface area contributed by atoms with Gasteiger partial charge in [0.15, 0.2) is 0 Å². The van der Waals surface area contributed by atoms with Crippen molar-refractivity contribution in [2.45, 2.75) is 172 Å². The average Bonchev–Trinajstić information content (AvgIpc) is 3.18. The molecule has 0 radical (unpaired) electrons. The number of rotatable bonds is 23. The molecule has 0 aromatic carbocycles. The molecular formula is C41H74N8O7. The predicted molar refractivity (Wildman–Crippen MR) is 215 cm³/mol. The molecule has 0 aromatic heterocycles. The number of ether oxygens (including phenoxy) is 1. The number of carbonyl (C=O) groups excluding carboxylic acids is 6. The van der Waals surface area contributed by atoms with Gasteiger partial charge in [-0.15, -0.1) is 0 Å². The molecule has 5 amide bonds. The highest BCUT2D eigenvalue weighted by Gasteiger charge is 2.37. The molecule has 320 valence electrons. The van der Waals surface area contributed by atoms with Crippen LogP contribution in [0.5, 0.6) is 0 Å². The van der Waals surface area contributed by atoms with E-state index in [-0.39, 0.29) is 84.2 Å². The number of amides is 5. The van der Waals surface area contributed by atoms with E-state index in [0.717, 1.165) is 57.8 Å². The summed E-state index contributed by atoms with van der Waals surface area (Å²) in [6.07, 6.45) is 13.9. The van der Waals surface area contributed by atoms with Crippen LogP contribution < -0.4 is 43.8 Å². The monoisotopic (exact) mass is 791 g/mol. The maximum absolute atomic E-state index is 13.8. The molecule has 3 rings (SSSR count). The quantitative estimate of drug-likeness (QED) is 0.0701. The van der Waals surface area contributed by atoms with Crippen LogP contribution in [0.25, 0.3) is 0 Å². The lowest BCUT2D eigenvalue weighted by atomic mass is 9.83. The van der Waals surface area contributed by atoms with Crippen molar-refractivity contribution in [3.05, 3.63) is 0 Å². The zero-order chi connectivity index (χ0) is 40.9. The Morgan fingerprint density at radius 3 is 1.30 bits per heavy atom. The van der Waals surface area contributed by atoms with Gasteiger partial charge in [0, 0.05) is 49.5 Å². The minimum absolute atomic E-state index is 0.0476. The van der Waals surface area contributed by atoms with Gasteiger partial charge in [0.25, 0.3) is 0 Å². The summed E-state index contributed by atoms with van der Waals surface area (Å²) in [7, 11) is 1.36. The molecule has 0 heterocycles. The molecule has 0 saturated heterocycles. The van der Waals surface area contributed by atoms with Gasteiger partial charge in [-0.05, 0) is 103 Å². The van der Waals surface area contributed by atoms with Gasteiger partial charge in [-0.25, -0.2) is 0 Å². The standard InChI is InChI=1S/C41H74N8O7/c1-27(12-9-21-42)24-36(50)47-33-18-6-3-15-30(33)39(53)45-28(13-10-22-43)25-37(51)48-34-19-7-4-16-31(34)40(54)46-29(14-11-23-44)26-38(52)49-35-20-8-5-17-32(35)41(55)56-2/h27-35H,3-26,42-44H2,1-2H3,(H,45,53)(H,46,54)(H,47,50)(H,48,51)(H,49,52)/t27-,28-,29-,30?,31?,32?,33?,34?,35?/m1/s1. The van der Waals surface area contributed by atoms with Crippen LogP contribution in [-0.4, -0.2) is 92.5 Å². The van der Waals surface area contributed by atoms with Crippen molar-refractivity contribution in [3.8, 4) is 0 Å². The summed E-state index contributed by atoms with van der Waals surface area (Å²) in [5.41, 5.74) is 17.3.